The zero-order chi connectivity index (χ0) is 22.3. The molecule has 1 heterocycles. The molecule has 0 bridgehead atoms. The maximum absolute atomic E-state index is 12.6. The Balaban J connectivity index is 1.64. The first kappa shape index (κ1) is 23.1. The van der Waals surface area contributed by atoms with E-state index in [2.05, 4.69) is 16.3 Å². The Morgan fingerprint density at radius 3 is 2.32 bits per heavy atom. The van der Waals surface area contributed by atoms with Gasteiger partial charge in [-0.25, -0.2) is 8.42 Å². The molecule has 0 aliphatic carbocycles. The number of nitrogens with one attached hydrogen (secondary N) is 1. The van der Waals surface area contributed by atoms with Crippen molar-refractivity contribution < 1.29 is 17.9 Å². The predicted molar refractivity (Wildman–Crippen MR) is 123 cm³/mol. The van der Waals surface area contributed by atoms with Gasteiger partial charge in [0.05, 0.1) is 18.6 Å². The number of rotatable bonds is 10. The highest BCUT2D eigenvalue weighted by Crippen LogP contribution is 2.22. The molecule has 1 fully saturated rings. The molecular formula is C23H31N3O4S. The summed E-state index contributed by atoms with van der Waals surface area (Å²) in [7, 11) is -3.62. The molecule has 1 aliphatic heterocycles. The predicted octanol–water partition coefficient (Wildman–Crippen LogP) is 2.76. The van der Waals surface area contributed by atoms with Crippen molar-refractivity contribution in [1.82, 2.24) is 10.2 Å². The van der Waals surface area contributed by atoms with Crippen LogP contribution in [0.25, 0.3) is 0 Å². The van der Waals surface area contributed by atoms with E-state index in [0.717, 1.165) is 35.8 Å². The van der Waals surface area contributed by atoms with Crippen LogP contribution in [-0.4, -0.2) is 51.7 Å². The van der Waals surface area contributed by atoms with Gasteiger partial charge in [-0.3, -0.25) is 14.0 Å². The number of sulfonamides is 1. The van der Waals surface area contributed by atoms with Crippen molar-refractivity contribution in [3.05, 3.63) is 59.7 Å². The minimum Gasteiger partial charge on any atom is -0.494 e. The molecule has 1 saturated heterocycles. The van der Waals surface area contributed by atoms with E-state index in [-0.39, 0.29) is 12.5 Å². The summed E-state index contributed by atoms with van der Waals surface area (Å²) in [6.45, 7) is 5.57. The van der Waals surface area contributed by atoms with E-state index >= 15 is 0 Å². The fourth-order valence-electron chi connectivity index (χ4n) is 3.72. The van der Waals surface area contributed by atoms with Gasteiger partial charge in [0.15, 0.2) is 0 Å². The molecule has 1 N–H and O–H groups in total. The van der Waals surface area contributed by atoms with E-state index < -0.39 is 10.0 Å². The average molecular weight is 446 g/mol. The Hall–Kier alpha value is -2.58. The molecule has 2 aromatic rings. The second-order valence-corrected chi connectivity index (χ2v) is 9.63. The number of anilines is 1. The van der Waals surface area contributed by atoms with Crippen LogP contribution in [0.3, 0.4) is 0 Å². The van der Waals surface area contributed by atoms with Crippen LogP contribution in [0, 0.1) is 0 Å². The van der Waals surface area contributed by atoms with Gasteiger partial charge in [0.25, 0.3) is 0 Å². The number of amides is 1. The molecule has 3 rings (SSSR count). The van der Waals surface area contributed by atoms with Crippen LogP contribution in [0.15, 0.2) is 48.5 Å². The number of likely N-dealkylation sites (tertiary alicyclic amines) is 1. The Morgan fingerprint density at radius 1 is 1.06 bits per heavy atom. The number of carbonyl (C=O) groups is 1. The molecule has 1 amide bonds. The number of ether oxygens (including phenoxy) is 1. The summed E-state index contributed by atoms with van der Waals surface area (Å²) in [5.41, 5.74) is 2.67. The lowest BCUT2D eigenvalue weighted by atomic mass is 10.1. The van der Waals surface area contributed by atoms with Crippen molar-refractivity contribution >= 4 is 21.6 Å². The normalized spacial score (nSPS) is 14.4. The van der Waals surface area contributed by atoms with E-state index in [1.807, 2.05) is 25.1 Å². The number of hydrogen-bond acceptors (Lipinski definition) is 5. The fraction of sp³-hybridized carbons (Fsp3) is 0.435. The third kappa shape index (κ3) is 6.70. The molecular weight excluding hydrogens is 414 g/mol. The monoisotopic (exact) mass is 445 g/mol. The van der Waals surface area contributed by atoms with Crippen molar-refractivity contribution in [3.8, 4) is 5.75 Å². The quantitative estimate of drug-likeness (QED) is 0.608. The summed E-state index contributed by atoms with van der Waals surface area (Å²) in [5.74, 6) is 0.300. The zero-order valence-corrected chi connectivity index (χ0v) is 19.0. The van der Waals surface area contributed by atoms with Crippen LogP contribution in [-0.2, 0) is 27.9 Å². The van der Waals surface area contributed by atoms with E-state index in [9.17, 15) is 13.2 Å². The van der Waals surface area contributed by atoms with Crippen molar-refractivity contribution in [2.45, 2.75) is 32.9 Å². The van der Waals surface area contributed by atoms with Crippen LogP contribution >= 0.6 is 0 Å². The van der Waals surface area contributed by atoms with Gasteiger partial charge in [-0.15, -0.1) is 0 Å². The molecule has 2 aromatic carbocycles. The summed E-state index contributed by atoms with van der Waals surface area (Å²) in [4.78, 5) is 15.0. The minimum absolute atomic E-state index is 0.277. The number of hydrogen-bond donors (Lipinski definition) is 1. The topological polar surface area (TPSA) is 79.0 Å². The summed E-state index contributed by atoms with van der Waals surface area (Å²) in [5, 5.41) is 2.88. The third-order valence-electron chi connectivity index (χ3n) is 5.31. The van der Waals surface area contributed by atoms with Gasteiger partial charge in [-0.2, -0.15) is 0 Å². The van der Waals surface area contributed by atoms with Gasteiger partial charge in [0.2, 0.25) is 15.9 Å². The zero-order valence-electron chi connectivity index (χ0n) is 18.2. The fourth-order valence-corrected chi connectivity index (χ4v) is 4.58. The first-order chi connectivity index (χ1) is 14.9. The summed E-state index contributed by atoms with van der Waals surface area (Å²) in [6.07, 6.45) is 3.56. The van der Waals surface area contributed by atoms with Gasteiger partial charge in [-0.05, 0) is 68.2 Å². The molecule has 7 nitrogen and oxygen atoms in total. The lowest BCUT2D eigenvalue weighted by molar-refractivity contribution is -0.119. The van der Waals surface area contributed by atoms with Crippen LogP contribution in [0.4, 0.5) is 5.69 Å². The summed E-state index contributed by atoms with van der Waals surface area (Å²) in [6, 6.07) is 14.7. The largest absolute Gasteiger partial charge is 0.494 e. The van der Waals surface area contributed by atoms with Gasteiger partial charge < -0.3 is 10.1 Å². The minimum atomic E-state index is -3.62. The van der Waals surface area contributed by atoms with Gasteiger partial charge in [0, 0.05) is 13.1 Å². The van der Waals surface area contributed by atoms with Crippen molar-refractivity contribution in [2.24, 2.45) is 0 Å². The van der Waals surface area contributed by atoms with E-state index in [1.165, 1.54) is 18.4 Å². The molecule has 31 heavy (non-hydrogen) atoms. The molecule has 0 aromatic heterocycles. The van der Waals surface area contributed by atoms with Crippen LogP contribution in [0.5, 0.6) is 5.75 Å². The number of benzene rings is 2. The molecule has 8 heteroatoms. The van der Waals surface area contributed by atoms with Crippen LogP contribution < -0.4 is 14.4 Å². The molecule has 0 saturated carbocycles. The van der Waals surface area contributed by atoms with Crippen LogP contribution in [0.2, 0.25) is 0 Å². The standard InChI is InChI=1S/C23H31N3O4S/c1-3-30-22-12-10-21(11-13-22)26(31(2,28)29)18-23(27)24-16-19-8-4-5-9-20(19)17-25-14-6-7-15-25/h4-5,8-13H,3,6-7,14-18H2,1-2H3,(H,24,27). The maximum Gasteiger partial charge on any atom is 0.241 e. The van der Waals surface area contributed by atoms with Crippen molar-refractivity contribution in [2.75, 3.05) is 36.8 Å². The highest BCUT2D eigenvalue weighted by atomic mass is 32.2. The second kappa shape index (κ2) is 10.6. The first-order valence-corrected chi connectivity index (χ1v) is 12.5. The van der Waals surface area contributed by atoms with E-state index in [0.29, 0.717) is 24.6 Å². The van der Waals surface area contributed by atoms with Crippen molar-refractivity contribution in [3.63, 3.8) is 0 Å². The Kier molecular flexibility index (Phi) is 7.92. The van der Waals surface area contributed by atoms with Gasteiger partial charge in [0.1, 0.15) is 12.3 Å². The smallest absolute Gasteiger partial charge is 0.241 e. The van der Waals surface area contributed by atoms with E-state index in [1.54, 1.807) is 24.3 Å². The SMILES string of the molecule is CCOc1ccc(N(CC(=O)NCc2ccccc2CN2CCCC2)S(C)(=O)=O)cc1. The van der Waals surface area contributed by atoms with Gasteiger partial charge in [-0.1, -0.05) is 24.3 Å². The number of carbonyl (C=O) groups excluding carboxylic acids is 1. The van der Waals surface area contributed by atoms with Crippen LogP contribution in [0.1, 0.15) is 30.9 Å². The first-order valence-electron chi connectivity index (χ1n) is 10.6. The van der Waals surface area contributed by atoms with Gasteiger partial charge >= 0.3 is 0 Å². The highest BCUT2D eigenvalue weighted by molar-refractivity contribution is 7.92. The third-order valence-corrected chi connectivity index (χ3v) is 6.45. The molecule has 1 aliphatic rings. The molecule has 0 spiro atoms. The Labute approximate surface area is 185 Å². The lowest BCUT2D eigenvalue weighted by Crippen LogP contribution is -2.40. The lowest BCUT2D eigenvalue weighted by Gasteiger charge is -2.22. The Morgan fingerprint density at radius 2 is 1.71 bits per heavy atom. The highest BCUT2D eigenvalue weighted by Gasteiger charge is 2.21. The Bertz CT molecular complexity index is 971. The molecule has 0 atom stereocenters. The van der Waals surface area contributed by atoms with Crippen molar-refractivity contribution in [1.29, 1.82) is 0 Å². The maximum atomic E-state index is 12.6. The second-order valence-electron chi connectivity index (χ2n) is 7.73. The summed E-state index contributed by atoms with van der Waals surface area (Å²) >= 11 is 0. The summed E-state index contributed by atoms with van der Waals surface area (Å²) < 4.78 is 31.1. The number of nitrogens with zero attached hydrogens (tertiary/aromatic N) is 2. The average Bonchev–Trinajstić information content (AvgIpc) is 3.25. The molecule has 168 valence electrons. The van der Waals surface area contributed by atoms with E-state index in [4.69, 9.17) is 4.74 Å². The molecule has 0 radical (unpaired) electrons. The molecule has 0 unspecified atom stereocenters.